The summed E-state index contributed by atoms with van der Waals surface area (Å²) >= 11 is 2.73. The molecular weight excluding hydrogens is 344 g/mol. The van der Waals surface area contributed by atoms with Crippen molar-refractivity contribution in [2.24, 2.45) is 0 Å². The van der Waals surface area contributed by atoms with E-state index >= 15 is 0 Å². The molecule has 2 heterocycles. The van der Waals surface area contributed by atoms with Gasteiger partial charge in [0.15, 0.2) is 10.2 Å². The number of fused-ring (bicyclic) bond motifs is 1. The van der Waals surface area contributed by atoms with Crippen LogP contribution in [0.25, 0.3) is 16.6 Å². The lowest BCUT2D eigenvalue weighted by atomic mass is 10.2. The van der Waals surface area contributed by atoms with Crippen LogP contribution in [-0.4, -0.2) is 37.6 Å². The second kappa shape index (κ2) is 7.33. The van der Waals surface area contributed by atoms with Gasteiger partial charge in [-0.2, -0.15) is 5.26 Å². The smallest absolute Gasteiger partial charge is 0.206 e. The number of benzene rings is 1. The second-order valence-electron chi connectivity index (χ2n) is 4.73. The molecule has 0 aliphatic carbocycles. The number of aromatic amines is 1. The van der Waals surface area contributed by atoms with Crippen LogP contribution in [0, 0.1) is 11.3 Å². The number of nitrogens with zero attached hydrogens (tertiary/aromatic N) is 4. The molecule has 0 bridgehead atoms. The summed E-state index contributed by atoms with van der Waals surface area (Å²) in [6.07, 6.45) is 0. The fraction of sp³-hybridized carbons (Fsp3) is 0.200. The maximum absolute atomic E-state index is 10.3. The summed E-state index contributed by atoms with van der Waals surface area (Å²) in [6.45, 7) is 2.75. The summed E-state index contributed by atoms with van der Waals surface area (Å²) < 4.78 is 0.722. The van der Waals surface area contributed by atoms with E-state index in [0.29, 0.717) is 5.82 Å². The Balaban J connectivity index is 1.78. The van der Waals surface area contributed by atoms with Crippen molar-refractivity contribution in [1.29, 1.82) is 5.26 Å². The van der Waals surface area contributed by atoms with Gasteiger partial charge in [0, 0.05) is 6.54 Å². The van der Waals surface area contributed by atoms with E-state index in [1.54, 1.807) is 0 Å². The monoisotopic (exact) mass is 358 g/mol. The van der Waals surface area contributed by atoms with E-state index in [0.717, 1.165) is 27.0 Å². The minimum Gasteiger partial charge on any atom is -0.510 e. The number of allylic oxidation sites excluding steroid dienone is 1. The molecule has 0 radical (unpaired) electrons. The molecule has 0 unspecified atom stereocenters. The summed E-state index contributed by atoms with van der Waals surface area (Å²) in [6, 6.07) is 9.49. The molecule has 0 aliphatic heterocycles. The van der Waals surface area contributed by atoms with Gasteiger partial charge in [-0.15, -0.1) is 10.2 Å². The van der Waals surface area contributed by atoms with Crippen molar-refractivity contribution < 1.29 is 5.11 Å². The van der Waals surface area contributed by atoms with Crippen LogP contribution in [0.5, 0.6) is 0 Å². The van der Waals surface area contributed by atoms with Gasteiger partial charge in [0.25, 0.3) is 0 Å². The summed E-state index contributed by atoms with van der Waals surface area (Å²) in [5.74, 6) is 0.546. The molecule has 0 fully saturated rings. The van der Waals surface area contributed by atoms with E-state index in [4.69, 9.17) is 0 Å². The zero-order chi connectivity index (χ0) is 16.9. The Hall–Kier alpha value is -2.57. The molecular formula is C15H14N6OS2. The third-order valence-electron chi connectivity index (χ3n) is 3.09. The third kappa shape index (κ3) is 3.50. The molecule has 3 N–H and O–H groups in total. The van der Waals surface area contributed by atoms with Gasteiger partial charge in [0.05, 0.1) is 16.8 Å². The number of rotatable bonds is 6. The Morgan fingerprint density at radius 3 is 3.00 bits per heavy atom. The third-order valence-corrected chi connectivity index (χ3v) is 5.12. The summed E-state index contributed by atoms with van der Waals surface area (Å²) in [4.78, 5) is 7.40. The molecule has 0 saturated heterocycles. The van der Waals surface area contributed by atoms with Crippen molar-refractivity contribution >= 4 is 44.8 Å². The van der Waals surface area contributed by atoms with Gasteiger partial charge >= 0.3 is 0 Å². The number of para-hydroxylation sites is 2. The molecule has 2 aromatic heterocycles. The molecule has 3 aromatic rings. The van der Waals surface area contributed by atoms with E-state index in [9.17, 15) is 10.4 Å². The molecule has 0 saturated carbocycles. The zero-order valence-electron chi connectivity index (χ0n) is 12.8. The molecule has 0 amide bonds. The van der Waals surface area contributed by atoms with Gasteiger partial charge in [-0.1, -0.05) is 35.2 Å². The number of hydrogen-bond donors (Lipinski definition) is 3. The normalized spacial score (nSPS) is 12.0. The quantitative estimate of drug-likeness (QED) is 0.352. The molecule has 9 heteroatoms. The van der Waals surface area contributed by atoms with Gasteiger partial charge < -0.3 is 15.4 Å². The van der Waals surface area contributed by atoms with Crippen LogP contribution in [0.3, 0.4) is 0 Å². The number of aliphatic hydroxyl groups is 1. The number of aromatic nitrogens is 4. The molecule has 3 rings (SSSR count). The number of H-pyrrole nitrogens is 1. The lowest BCUT2D eigenvalue weighted by Crippen LogP contribution is -1.95. The van der Waals surface area contributed by atoms with Crippen LogP contribution in [-0.2, 0) is 0 Å². The van der Waals surface area contributed by atoms with Crippen molar-refractivity contribution in [3.63, 3.8) is 0 Å². The first kappa shape index (κ1) is 16.3. The van der Waals surface area contributed by atoms with E-state index in [2.05, 4.69) is 25.5 Å². The summed E-state index contributed by atoms with van der Waals surface area (Å²) in [5, 5.41) is 31.5. The van der Waals surface area contributed by atoms with Crippen LogP contribution in [0.2, 0.25) is 0 Å². The average Bonchev–Trinajstić information content (AvgIpc) is 3.20. The largest absolute Gasteiger partial charge is 0.510 e. The van der Waals surface area contributed by atoms with Crippen molar-refractivity contribution in [3.05, 3.63) is 35.8 Å². The molecule has 24 heavy (non-hydrogen) atoms. The fourth-order valence-electron chi connectivity index (χ4n) is 2.02. The average molecular weight is 358 g/mol. The first-order valence-electron chi connectivity index (χ1n) is 7.18. The van der Waals surface area contributed by atoms with E-state index in [1.807, 2.05) is 37.3 Å². The number of hydrogen-bond acceptors (Lipinski definition) is 8. The zero-order valence-corrected chi connectivity index (χ0v) is 14.4. The predicted octanol–water partition coefficient (Wildman–Crippen LogP) is 3.43. The van der Waals surface area contributed by atoms with Crippen molar-refractivity contribution in [1.82, 2.24) is 20.2 Å². The van der Waals surface area contributed by atoms with Crippen LogP contribution < -0.4 is 5.32 Å². The topological polar surface area (TPSA) is 111 Å². The highest BCUT2D eigenvalue weighted by atomic mass is 32.2. The van der Waals surface area contributed by atoms with E-state index in [1.165, 1.54) is 23.1 Å². The number of anilines is 1. The van der Waals surface area contributed by atoms with Crippen LogP contribution >= 0.6 is 23.1 Å². The maximum Gasteiger partial charge on any atom is 0.206 e. The van der Waals surface area contributed by atoms with Crippen LogP contribution in [0.4, 0.5) is 5.13 Å². The molecule has 0 spiro atoms. The molecule has 0 atom stereocenters. The van der Waals surface area contributed by atoms with Gasteiger partial charge in [0.2, 0.25) is 5.13 Å². The van der Waals surface area contributed by atoms with Gasteiger partial charge in [-0.3, -0.25) is 0 Å². The number of thioether (sulfide) groups is 1. The summed E-state index contributed by atoms with van der Waals surface area (Å²) in [7, 11) is 0. The lowest BCUT2D eigenvalue weighted by Gasteiger charge is -2.00. The Kier molecular flexibility index (Phi) is 4.98. The molecule has 1 aromatic carbocycles. The van der Waals surface area contributed by atoms with Crippen molar-refractivity contribution in [2.45, 2.75) is 11.3 Å². The maximum atomic E-state index is 10.3. The molecule has 0 aliphatic rings. The predicted molar refractivity (Wildman–Crippen MR) is 96.1 cm³/mol. The first-order valence-corrected chi connectivity index (χ1v) is 8.99. The number of aliphatic hydroxyl groups excluding tert-OH is 1. The standard InChI is InChI=1S/C15H14N6OS2/c1-2-17-14-20-21-15(24-14)23-8-12(22)9(7-16)13-18-10-5-3-4-6-11(10)19-13/h3-6,22H,2,8H2,1H3,(H,17,20)(H,18,19)/b12-9-. The Morgan fingerprint density at radius 2 is 2.25 bits per heavy atom. The summed E-state index contributed by atoms with van der Waals surface area (Å²) in [5.41, 5.74) is 1.70. The van der Waals surface area contributed by atoms with Crippen molar-refractivity contribution in [3.8, 4) is 6.07 Å². The fourth-order valence-corrected chi connectivity index (χ4v) is 3.72. The highest BCUT2D eigenvalue weighted by Gasteiger charge is 2.14. The minimum absolute atomic E-state index is 0.0400. The Labute approximate surface area is 146 Å². The molecule has 7 nitrogen and oxygen atoms in total. The minimum atomic E-state index is -0.0400. The van der Waals surface area contributed by atoms with Crippen LogP contribution in [0.15, 0.2) is 34.4 Å². The van der Waals surface area contributed by atoms with E-state index in [-0.39, 0.29) is 17.1 Å². The highest BCUT2D eigenvalue weighted by Crippen LogP contribution is 2.28. The number of nitriles is 1. The second-order valence-corrected chi connectivity index (χ2v) is 6.93. The van der Waals surface area contributed by atoms with Crippen molar-refractivity contribution in [2.75, 3.05) is 17.6 Å². The Morgan fingerprint density at radius 1 is 1.42 bits per heavy atom. The SMILES string of the molecule is CCNc1nnc(SC/C(O)=C(\C#N)c2nc3ccccc3[nH]2)s1. The van der Waals surface area contributed by atoms with Gasteiger partial charge in [-0.05, 0) is 19.1 Å². The number of imidazole rings is 1. The number of nitrogens with one attached hydrogen (secondary N) is 2. The van der Waals surface area contributed by atoms with Gasteiger partial charge in [-0.25, -0.2) is 4.98 Å². The Bertz CT molecular complexity index is 890. The highest BCUT2D eigenvalue weighted by molar-refractivity contribution is 8.01. The first-order chi connectivity index (χ1) is 11.7. The molecule has 122 valence electrons. The van der Waals surface area contributed by atoms with Gasteiger partial charge in [0.1, 0.15) is 17.4 Å². The lowest BCUT2D eigenvalue weighted by molar-refractivity contribution is 0.420. The van der Waals surface area contributed by atoms with Crippen LogP contribution in [0.1, 0.15) is 12.7 Å². The van der Waals surface area contributed by atoms with E-state index < -0.39 is 0 Å².